The zero-order valence-electron chi connectivity index (χ0n) is 21.4. The zero-order valence-corrected chi connectivity index (χ0v) is 21.4. The Labute approximate surface area is 213 Å². The second-order valence-corrected chi connectivity index (χ2v) is 9.82. The first-order chi connectivity index (χ1) is 17.4. The Morgan fingerprint density at radius 3 is 2.53 bits per heavy atom. The molecule has 1 aliphatic rings. The molecule has 1 aliphatic heterocycles. The number of carbonyl (C=O) groups excluding carboxylic acids is 2. The zero-order chi connectivity index (χ0) is 25.5. The third kappa shape index (κ3) is 6.53. The number of anilines is 1. The highest BCUT2D eigenvalue weighted by molar-refractivity contribution is 5.86. The number of ether oxygens (including phenoxy) is 1. The molecule has 4 rings (SSSR count). The Balaban J connectivity index is 1.33. The lowest BCUT2D eigenvalue weighted by molar-refractivity contribution is -0.145. The SMILES string of the molecule is COC(=O)[C@H](Cc1cn(Cc2ccccc2)cn1)NC(=O)C1CCN(c2cccc(C(C)C)c2)CC1. The highest BCUT2D eigenvalue weighted by Crippen LogP contribution is 2.26. The lowest BCUT2D eigenvalue weighted by Crippen LogP contribution is -2.48. The standard InChI is InChI=1S/C29H36N4O3/c1-21(2)24-10-7-11-26(16-24)33-14-12-23(13-15-33)28(34)31-27(29(35)36-3)17-25-19-32(20-30-25)18-22-8-5-4-6-9-22/h4-11,16,19-21,23,27H,12-15,17-18H2,1-3H3,(H,31,34)/t27-/m0/s1. The van der Waals surface area contributed by atoms with Crippen molar-refractivity contribution in [2.45, 2.75) is 51.6 Å². The maximum absolute atomic E-state index is 13.1. The molecular weight excluding hydrogens is 452 g/mol. The third-order valence-electron chi connectivity index (χ3n) is 6.88. The number of hydrogen-bond acceptors (Lipinski definition) is 5. The molecule has 1 atom stereocenters. The Bertz CT molecular complexity index is 1150. The van der Waals surface area contributed by atoms with E-state index >= 15 is 0 Å². The van der Waals surface area contributed by atoms with Gasteiger partial charge in [-0.25, -0.2) is 9.78 Å². The van der Waals surface area contributed by atoms with Gasteiger partial charge in [-0.05, 0) is 42.0 Å². The maximum Gasteiger partial charge on any atom is 0.328 e. The molecule has 0 spiro atoms. The van der Waals surface area contributed by atoms with Crippen LogP contribution in [0.4, 0.5) is 5.69 Å². The summed E-state index contributed by atoms with van der Waals surface area (Å²) >= 11 is 0. The van der Waals surface area contributed by atoms with E-state index in [0.29, 0.717) is 18.9 Å². The van der Waals surface area contributed by atoms with Crippen LogP contribution in [-0.2, 0) is 27.3 Å². The van der Waals surface area contributed by atoms with Gasteiger partial charge in [-0.2, -0.15) is 0 Å². The van der Waals surface area contributed by atoms with Crippen LogP contribution in [0.25, 0.3) is 0 Å². The van der Waals surface area contributed by atoms with E-state index in [1.807, 2.05) is 29.0 Å². The van der Waals surface area contributed by atoms with E-state index in [1.165, 1.54) is 23.9 Å². The summed E-state index contributed by atoms with van der Waals surface area (Å²) in [6.07, 6.45) is 5.46. The van der Waals surface area contributed by atoms with Gasteiger partial charge in [-0.15, -0.1) is 0 Å². The molecule has 1 N–H and O–H groups in total. The quantitative estimate of drug-likeness (QED) is 0.458. The molecule has 2 heterocycles. The second-order valence-electron chi connectivity index (χ2n) is 9.82. The Morgan fingerprint density at radius 1 is 1.08 bits per heavy atom. The molecule has 0 saturated carbocycles. The number of hydrogen-bond donors (Lipinski definition) is 1. The average Bonchev–Trinajstić information content (AvgIpc) is 3.35. The first kappa shape index (κ1) is 25.5. The van der Waals surface area contributed by atoms with Gasteiger partial charge in [0.2, 0.25) is 5.91 Å². The van der Waals surface area contributed by atoms with Crippen molar-refractivity contribution >= 4 is 17.6 Å². The fraction of sp³-hybridized carbons (Fsp3) is 0.414. The Kier molecular flexibility index (Phi) is 8.41. The van der Waals surface area contributed by atoms with Gasteiger partial charge in [-0.3, -0.25) is 4.79 Å². The van der Waals surface area contributed by atoms with Crippen molar-refractivity contribution in [1.82, 2.24) is 14.9 Å². The summed E-state index contributed by atoms with van der Waals surface area (Å²) in [6, 6.07) is 18.0. The van der Waals surface area contributed by atoms with Gasteiger partial charge in [0.25, 0.3) is 0 Å². The summed E-state index contributed by atoms with van der Waals surface area (Å²) in [5.41, 5.74) is 4.43. The minimum atomic E-state index is -0.761. The van der Waals surface area contributed by atoms with Crippen molar-refractivity contribution in [3.8, 4) is 0 Å². The summed E-state index contributed by atoms with van der Waals surface area (Å²) in [4.78, 5) is 32.4. The number of benzene rings is 2. The molecular formula is C29H36N4O3. The van der Waals surface area contributed by atoms with Gasteiger partial charge >= 0.3 is 5.97 Å². The summed E-state index contributed by atoms with van der Waals surface area (Å²) in [5.74, 6) is -0.195. The molecule has 1 fully saturated rings. The van der Waals surface area contributed by atoms with Crippen molar-refractivity contribution in [2.24, 2.45) is 5.92 Å². The molecule has 0 bridgehead atoms. The van der Waals surface area contributed by atoms with Crippen molar-refractivity contribution in [3.05, 3.63) is 83.9 Å². The predicted molar refractivity (Wildman–Crippen MR) is 141 cm³/mol. The number of nitrogens with one attached hydrogen (secondary N) is 1. The molecule has 1 aromatic heterocycles. The molecule has 1 saturated heterocycles. The van der Waals surface area contributed by atoms with E-state index in [9.17, 15) is 9.59 Å². The lowest BCUT2D eigenvalue weighted by atomic mass is 9.94. The first-order valence-electron chi connectivity index (χ1n) is 12.7. The van der Waals surface area contributed by atoms with Gasteiger partial charge in [0.1, 0.15) is 6.04 Å². The number of rotatable bonds is 9. The first-order valence-corrected chi connectivity index (χ1v) is 12.7. The third-order valence-corrected chi connectivity index (χ3v) is 6.88. The van der Waals surface area contributed by atoms with Crippen LogP contribution < -0.4 is 10.2 Å². The van der Waals surface area contributed by atoms with Crippen LogP contribution in [0.1, 0.15) is 49.4 Å². The average molecular weight is 489 g/mol. The molecule has 1 amide bonds. The number of esters is 1. The maximum atomic E-state index is 13.1. The number of aromatic nitrogens is 2. The molecule has 0 aliphatic carbocycles. The van der Waals surface area contributed by atoms with E-state index in [-0.39, 0.29) is 11.8 Å². The van der Waals surface area contributed by atoms with Gasteiger partial charge in [-0.1, -0.05) is 56.3 Å². The minimum absolute atomic E-state index is 0.0929. The molecule has 190 valence electrons. The van der Waals surface area contributed by atoms with Crippen LogP contribution in [0.2, 0.25) is 0 Å². The van der Waals surface area contributed by atoms with Crippen molar-refractivity contribution in [1.29, 1.82) is 0 Å². The number of carbonyl (C=O) groups is 2. The van der Waals surface area contributed by atoms with E-state index in [2.05, 4.69) is 65.4 Å². The largest absolute Gasteiger partial charge is 0.467 e. The highest BCUT2D eigenvalue weighted by atomic mass is 16.5. The Hall–Kier alpha value is -3.61. The van der Waals surface area contributed by atoms with Crippen LogP contribution >= 0.6 is 0 Å². The van der Waals surface area contributed by atoms with Gasteiger partial charge < -0.3 is 19.5 Å². The Morgan fingerprint density at radius 2 is 1.83 bits per heavy atom. The second kappa shape index (κ2) is 11.9. The normalized spacial score (nSPS) is 15.1. The van der Waals surface area contributed by atoms with Crippen LogP contribution in [0, 0.1) is 5.92 Å². The van der Waals surface area contributed by atoms with Gasteiger partial charge in [0, 0.05) is 43.9 Å². The van der Waals surface area contributed by atoms with Crippen LogP contribution in [0.5, 0.6) is 0 Å². The lowest BCUT2D eigenvalue weighted by Gasteiger charge is -2.33. The van der Waals surface area contributed by atoms with Crippen LogP contribution in [0.3, 0.4) is 0 Å². The molecule has 7 nitrogen and oxygen atoms in total. The smallest absolute Gasteiger partial charge is 0.328 e. The summed E-state index contributed by atoms with van der Waals surface area (Å²) < 4.78 is 6.96. The van der Waals surface area contributed by atoms with E-state index in [1.54, 1.807) is 6.33 Å². The van der Waals surface area contributed by atoms with Crippen molar-refractivity contribution in [3.63, 3.8) is 0 Å². The summed E-state index contributed by atoms with van der Waals surface area (Å²) in [6.45, 7) is 6.71. The highest BCUT2D eigenvalue weighted by Gasteiger charge is 2.30. The van der Waals surface area contributed by atoms with Crippen molar-refractivity contribution in [2.75, 3.05) is 25.1 Å². The van der Waals surface area contributed by atoms with E-state index < -0.39 is 12.0 Å². The number of methoxy groups -OCH3 is 1. The molecule has 0 radical (unpaired) electrons. The van der Waals surface area contributed by atoms with Crippen LogP contribution in [-0.4, -0.2) is 47.7 Å². The van der Waals surface area contributed by atoms with Gasteiger partial charge in [0.15, 0.2) is 0 Å². The van der Waals surface area contributed by atoms with E-state index in [0.717, 1.165) is 31.6 Å². The molecule has 3 aromatic rings. The molecule has 36 heavy (non-hydrogen) atoms. The number of imidazole rings is 1. The monoisotopic (exact) mass is 488 g/mol. The molecule has 2 aromatic carbocycles. The number of nitrogens with zero attached hydrogens (tertiary/aromatic N) is 3. The predicted octanol–water partition coefficient (Wildman–Crippen LogP) is 4.17. The minimum Gasteiger partial charge on any atom is -0.467 e. The fourth-order valence-electron chi connectivity index (χ4n) is 4.71. The van der Waals surface area contributed by atoms with E-state index in [4.69, 9.17) is 4.74 Å². The fourth-order valence-corrected chi connectivity index (χ4v) is 4.71. The summed E-state index contributed by atoms with van der Waals surface area (Å²) in [5, 5.41) is 2.94. The summed E-state index contributed by atoms with van der Waals surface area (Å²) in [7, 11) is 1.35. The number of piperidine rings is 1. The number of amides is 1. The molecule has 0 unspecified atom stereocenters. The van der Waals surface area contributed by atoms with Gasteiger partial charge in [0.05, 0.1) is 19.1 Å². The molecule has 7 heteroatoms. The van der Waals surface area contributed by atoms with Crippen LogP contribution in [0.15, 0.2) is 67.1 Å². The van der Waals surface area contributed by atoms with Crippen molar-refractivity contribution < 1.29 is 14.3 Å². The topological polar surface area (TPSA) is 76.5 Å².